The second kappa shape index (κ2) is 6.48. The molecule has 0 radical (unpaired) electrons. The lowest BCUT2D eigenvalue weighted by Gasteiger charge is -2.04. The maximum atomic E-state index is 13.1. The van der Waals surface area contributed by atoms with E-state index in [9.17, 15) is 9.18 Å². The minimum Gasteiger partial charge on any atom is -0.361 e. The molecule has 2 aromatic rings. The Hall–Kier alpha value is -1.94. The Bertz CT molecular complexity index is 650. The molecule has 20 heavy (non-hydrogen) atoms. The molecule has 0 spiro atoms. The third-order valence-electron chi connectivity index (χ3n) is 2.80. The first-order valence-corrected chi connectivity index (χ1v) is 6.85. The molecule has 0 fully saturated rings. The van der Waals surface area contributed by atoms with Crippen LogP contribution in [0.25, 0.3) is 0 Å². The minimum atomic E-state index is -0.314. The molecule has 0 amide bonds. The molecule has 0 saturated carbocycles. The Morgan fingerprint density at radius 2 is 1.90 bits per heavy atom. The summed E-state index contributed by atoms with van der Waals surface area (Å²) < 4.78 is 14.0. The molecule has 0 heterocycles. The highest BCUT2D eigenvalue weighted by atomic mass is 79.9. The number of nitrogens with one attached hydrogen (secondary N) is 1. The monoisotopic (exact) mass is 333 g/mol. The van der Waals surface area contributed by atoms with Gasteiger partial charge in [-0.1, -0.05) is 22.0 Å². The van der Waals surface area contributed by atoms with Gasteiger partial charge in [-0.05, 0) is 48.9 Å². The summed E-state index contributed by atoms with van der Waals surface area (Å²) >= 11 is 3.32. The number of anilines is 1. The predicted molar refractivity (Wildman–Crippen MR) is 82.4 cm³/mol. The third-order valence-corrected chi connectivity index (χ3v) is 3.33. The Morgan fingerprint density at radius 1 is 1.20 bits per heavy atom. The molecule has 0 aromatic heterocycles. The summed E-state index contributed by atoms with van der Waals surface area (Å²) in [5.41, 5.74) is 2.15. The van der Waals surface area contributed by atoms with Gasteiger partial charge >= 0.3 is 0 Å². The van der Waals surface area contributed by atoms with Crippen LogP contribution in [0, 0.1) is 12.7 Å². The van der Waals surface area contributed by atoms with E-state index in [1.807, 2.05) is 19.1 Å². The number of aryl methyl sites for hydroxylation is 1. The Kier molecular flexibility index (Phi) is 4.69. The van der Waals surface area contributed by atoms with Gasteiger partial charge in [0.15, 0.2) is 5.78 Å². The van der Waals surface area contributed by atoms with Crippen LogP contribution in [-0.2, 0) is 0 Å². The van der Waals surface area contributed by atoms with Crippen LogP contribution < -0.4 is 5.32 Å². The second-order valence-corrected chi connectivity index (χ2v) is 5.22. The van der Waals surface area contributed by atoms with E-state index in [4.69, 9.17) is 0 Å². The first kappa shape index (κ1) is 14.5. The summed E-state index contributed by atoms with van der Waals surface area (Å²) in [6.45, 7) is 1.87. The standard InChI is InChI=1S/C16H13BrFNO/c1-11-2-7-14(18)10-15(11)19-9-8-16(20)12-3-5-13(17)6-4-12/h2-10,19H,1H3/b9-8+. The van der Waals surface area contributed by atoms with Crippen molar-refractivity contribution in [1.29, 1.82) is 0 Å². The number of rotatable bonds is 4. The fraction of sp³-hybridized carbons (Fsp3) is 0.0625. The smallest absolute Gasteiger partial charge is 0.187 e. The summed E-state index contributed by atoms with van der Waals surface area (Å²) in [5, 5.41) is 2.92. The van der Waals surface area contributed by atoms with Crippen molar-refractivity contribution in [2.24, 2.45) is 0 Å². The van der Waals surface area contributed by atoms with E-state index >= 15 is 0 Å². The van der Waals surface area contributed by atoms with Crippen molar-refractivity contribution in [2.75, 3.05) is 5.32 Å². The van der Waals surface area contributed by atoms with Crippen LogP contribution in [0.5, 0.6) is 0 Å². The van der Waals surface area contributed by atoms with Gasteiger partial charge in [-0.2, -0.15) is 0 Å². The first-order chi connectivity index (χ1) is 9.56. The number of hydrogen-bond acceptors (Lipinski definition) is 2. The van der Waals surface area contributed by atoms with E-state index in [1.165, 1.54) is 24.4 Å². The summed E-state index contributed by atoms with van der Waals surface area (Å²) in [4.78, 5) is 11.9. The van der Waals surface area contributed by atoms with Gasteiger partial charge in [0.2, 0.25) is 0 Å². The van der Waals surface area contributed by atoms with E-state index < -0.39 is 0 Å². The maximum Gasteiger partial charge on any atom is 0.187 e. The van der Waals surface area contributed by atoms with E-state index in [0.717, 1.165) is 10.0 Å². The molecule has 0 aliphatic heterocycles. The van der Waals surface area contributed by atoms with Gasteiger partial charge in [-0.25, -0.2) is 4.39 Å². The Labute approximate surface area is 125 Å². The van der Waals surface area contributed by atoms with Crippen molar-refractivity contribution in [3.63, 3.8) is 0 Å². The normalized spacial score (nSPS) is 10.8. The molecular weight excluding hydrogens is 321 g/mol. The van der Waals surface area contributed by atoms with Crippen LogP contribution in [0.4, 0.5) is 10.1 Å². The van der Waals surface area contributed by atoms with Gasteiger partial charge in [0.25, 0.3) is 0 Å². The predicted octanol–water partition coefficient (Wildman–Crippen LogP) is 4.71. The number of benzene rings is 2. The molecule has 0 aliphatic carbocycles. The van der Waals surface area contributed by atoms with Gasteiger partial charge < -0.3 is 5.32 Å². The summed E-state index contributed by atoms with van der Waals surface area (Å²) in [7, 11) is 0. The van der Waals surface area contributed by atoms with E-state index in [-0.39, 0.29) is 11.6 Å². The topological polar surface area (TPSA) is 29.1 Å². The maximum absolute atomic E-state index is 13.1. The third kappa shape index (κ3) is 3.78. The van der Waals surface area contributed by atoms with Crippen LogP contribution >= 0.6 is 15.9 Å². The number of halogens is 2. The van der Waals surface area contributed by atoms with Crippen LogP contribution in [0.2, 0.25) is 0 Å². The molecule has 0 unspecified atom stereocenters. The SMILES string of the molecule is Cc1ccc(F)cc1N/C=C/C(=O)c1ccc(Br)cc1. The van der Waals surface area contributed by atoms with Crippen LogP contribution in [0.15, 0.2) is 59.2 Å². The number of ketones is 1. The quantitative estimate of drug-likeness (QED) is 0.648. The highest BCUT2D eigenvalue weighted by molar-refractivity contribution is 9.10. The molecule has 2 rings (SSSR count). The summed E-state index contributed by atoms with van der Waals surface area (Å²) in [6.07, 6.45) is 2.94. The van der Waals surface area contributed by atoms with Gasteiger partial charge in [0, 0.05) is 28.0 Å². The zero-order valence-corrected chi connectivity index (χ0v) is 12.4. The molecule has 0 aliphatic rings. The van der Waals surface area contributed by atoms with E-state index in [2.05, 4.69) is 21.2 Å². The Balaban J connectivity index is 2.04. The van der Waals surface area contributed by atoms with Crippen molar-refractivity contribution in [3.8, 4) is 0 Å². The summed E-state index contributed by atoms with van der Waals surface area (Å²) in [5.74, 6) is -0.426. The zero-order chi connectivity index (χ0) is 14.5. The highest BCUT2D eigenvalue weighted by Crippen LogP contribution is 2.16. The van der Waals surface area contributed by atoms with Gasteiger partial charge in [0.05, 0.1) is 0 Å². The second-order valence-electron chi connectivity index (χ2n) is 4.31. The van der Waals surface area contributed by atoms with Crippen LogP contribution in [-0.4, -0.2) is 5.78 Å². The molecule has 2 aromatic carbocycles. The summed E-state index contributed by atoms with van der Waals surface area (Å²) in [6, 6.07) is 11.6. The highest BCUT2D eigenvalue weighted by Gasteiger charge is 2.01. The first-order valence-electron chi connectivity index (χ1n) is 6.05. The fourth-order valence-corrected chi connectivity index (χ4v) is 1.93. The van der Waals surface area contributed by atoms with Crippen LogP contribution in [0.3, 0.4) is 0 Å². The fourth-order valence-electron chi connectivity index (χ4n) is 1.67. The van der Waals surface area contributed by atoms with Gasteiger partial charge in [-0.3, -0.25) is 4.79 Å². The number of allylic oxidation sites excluding steroid dienone is 1. The molecule has 0 bridgehead atoms. The zero-order valence-electron chi connectivity index (χ0n) is 10.9. The van der Waals surface area contributed by atoms with Crippen molar-refractivity contribution >= 4 is 27.4 Å². The molecule has 0 atom stereocenters. The largest absolute Gasteiger partial charge is 0.361 e. The number of carbonyl (C=O) groups excluding carboxylic acids is 1. The molecule has 0 saturated heterocycles. The molecular formula is C16H13BrFNO. The van der Waals surface area contributed by atoms with Crippen LogP contribution in [0.1, 0.15) is 15.9 Å². The lowest BCUT2D eigenvalue weighted by atomic mass is 10.1. The lowest BCUT2D eigenvalue weighted by Crippen LogP contribution is -1.97. The Morgan fingerprint density at radius 3 is 2.60 bits per heavy atom. The van der Waals surface area contributed by atoms with Crippen molar-refractivity contribution < 1.29 is 9.18 Å². The molecule has 1 N–H and O–H groups in total. The van der Waals surface area contributed by atoms with Gasteiger partial charge in [0.1, 0.15) is 5.82 Å². The number of carbonyl (C=O) groups is 1. The average Bonchev–Trinajstić information content (AvgIpc) is 2.43. The number of hydrogen-bond donors (Lipinski definition) is 1. The van der Waals surface area contributed by atoms with Gasteiger partial charge in [-0.15, -0.1) is 0 Å². The lowest BCUT2D eigenvalue weighted by molar-refractivity contribution is 0.104. The van der Waals surface area contributed by atoms with Crippen molar-refractivity contribution in [2.45, 2.75) is 6.92 Å². The molecule has 4 heteroatoms. The van der Waals surface area contributed by atoms with E-state index in [1.54, 1.807) is 18.2 Å². The van der Waals surface area contributed by atoms with Crippen molar-refractivity contribution in [3.05, 3.63) is 76.2 Å². The molecule has 2 nitrogen and oxygen atoms in total. The average molecular weight is 334 g/mol. The van der Waals surface area contributed by atoms with E-state index in [0.29, 0.717) is 11.3 Å². The minimum absolute atomic E-state index is 0.112. The molecule has 102 valence electrons. The van der Waals surface area contributed by atoms with Crippen molar-refractivity contribution in [1.82, 2.24) is 0 Å².